The molecule has 4 amide bonds. The van der Waals surface area contributed by atoms with Gasteiger partial charge in [0.05, 0.1) is 7.11 Å². The van der Waals surface area contributed by atoms with Crippen LogP contribution in [0.1, 0.15) is 5.56 Å². The molecule has 0 aromatic heterocycles. The third-order valence-corrected chi connectivity index (χ3v) is 3.74. The van der Waals surface area contributed by atoms with Crippen molar-refractivity contribution in [3.05, 3.63) is 47.5 Å². The topological polar surface area (TPSA) is 75.7 Å². The Morgan fingerprint density at radius 1 is 1.09 bits per heavy atom. The van der Waals surface area contributed by atoms with Crippen molar-refractivity contribution < 1.29 is 19.1 Å². The Hall–Kier alpha value is -3.15. The summed E-state index contributed by atoms with van der Waals surface area (Å²) in [6, 6.07) is 10.5. The summed E-state index contributed by atoms with van der Waals surface area (Å²) < 4.78 is 5.35. The van der Waals surface area contributed by atoms with Crippen LogP contribution in [0.4, 0.5) is 4.79 Å². The Kier molecular flexibility index (Phi) is 3.57. The Morgan fingerprint density at radius 3 is 2.57 bits per heavy atom. The number of carbonyl (C=O) groups excluding carboxylic acids is 3. The molecule has 1 fully saturated rings. The molecule has 2 aromatic rings. The summed E-state index contributed by atoms with van der Waals surface area (Å²) in [7, 11) is 2.84. The maximum absolute atomic E-state index is 12.2. The number of imide groups is 2. The van der Waals surface area contributed by atoms with Gasteiger partial charge >= 0.3 is 6.03 Å². The zero-order valence-corrected chi connectivity index (χ0v) is 12.6. The van der Waals surface area contributed by atoms with Crippen LogP contribution in [0, 0.1) is 0 Å². The highest BCUT2D eigenvalue weighted by molar-refractivity contribution is 6.31. The number of hydrogen-bond donors (Lipinski definition) is 1. The minimum Gasteiger partial charge on any atom is -0.496 e. The van der Waals surface area contributed by atoms with Crippen LogP contribution in [0.3, 0.4) is 0 Å². The molecular formula is C17H14N2O4. The fourth-order valence-corrected chi connectivity index (χ4v) is 2.49. The monoisotopic (exact) mass is 310 g/mol. The summed E-state index contributed by atoms with van der Waals surface area (Å²) in [6.45, 7) is 0. The smallest absolute Gasteiger partial charge is 0.331 e. The fraction of sp³-hybridized carbons (Fsp3) is 0.118. The molecule has 116 valence electrons. The predicted octanol–water partition coefficient (Wildman–Crippen LogP) is 1.94. The molecule has 6 heteroatoms. The lowest BCUT2D eigenvalue weighted by molar-refractivity contribution is -0.129. The first-order valence-electron chi connectivity index (χ1n) is 6.93. The Morgan fingerprint density at radius 2 is 1.83 bits per heavy atom. The second-order valence-corrected chi connectivity index (χ2v) is 5.08. The highest BCUT2D eigenvalue weighted by atomic mass is 16.5. The predicted molar refractivity (Wildman–Crippen MR) is 84.8 cm³/mol. The molecule has 0 saturated carbocycles. The van der Waals surface area contributed by atoms with E-state index in [1.165, 1.54) is 20.2 Å². The highest BCUT2D eigenvalue weighted by Crippen LogP contribution is 2.30. The zero-order valence-electron chi connectivity index (χ0n) is 12.6. The molecule has 0 unspecified atom stereocenters. The number of nitrogens with zero attached hydrogens (tertiary/aromatic N) is 1. The number of ether oxygens (including phenoxy) is 1. The SMILES string of the molecule is COc1ccc2ccccc2c1/C=C1\C(=O)NC(=O)N(C)C1=O. The van der Waals surface area contributed by atoms with E-state index in [2.05, 4.69) is 5.32 Å². The minimum atomic E-state index is -0.734. The number of methoxy groups -OCH3 is 1. The fourth-order valence-electron chi connectivity index (χ4n) is 2.49. The van der Waals surface area contributed by atoms with Crippen molar-refractivity contribution in [1.82, 2.24) is 10.2 Å². The molecule has 23 heavy (non-hydrogen) atoms. The summed E-state index contributed by atoms with van der Waals surface area (Å²) in [5, 5.41) is 3.93. The zero-order chi connectivity index (χ0) is 16.6. The van der Waals surface area contributed by atoms with Crippen LogP contribution in [-0.4, -0.2) is 36.9 Å². The number of fused-ring (bicyclic) bond motifs is 1. The molecule has 0 spiro atoms. The molecule has 1 saturated heterocycles. The third kappa shape index (κ3) is 2.44. The van der Waals surface area contributed by atoms with Crippen molar-refractivity contribution in [2.75, 3.05) is 14.2 Å². The first-order valence-corrected chi connectivity index (χ1v) is 6.93. The molecule has 0 atom stereocenters. The van der Waals surface area contributed by atoms with E-state index >= 15 is 0 Å². The van der Waals surface area contributed by atoms with Crippen LogP contribution in [0.2, 0.25) is 0 Å². The molecule has 2 aromatic carbocycles. The second kappa shape index (κ2) is 5.57. The number of urea groups is 1. The lowest BCUT2D eigenvalue weighted by Crippen LogP contribution is -2.52. The van der Waals surface area contributed by atoms with Gasteiger partial charge < -0.3 is 4.74 Å². The maximum atomic E-state index is 12.2. The lowest BCUT2D eigenvalue weighted by Gasteiger charge is -2.22. The van der Waals surface area contributed by atoms with E-state index in [1.807, 2.05) is 30.3 Å². The number of likely N-dealkylation sites (N-methyl/N-ethyl adjacent to an activating group) is 1. The molecule has 0 radical (unpaired) electrons. The summed E-state index contributed by atoms with van der Waals surface area (Å²) in [4.78, 5) is 36.6. The number of rotatable bonds is 2. The van der Waals surface area contributed by atoms with E-state index in [0.717, 1.165) is 15.7 Å². The van der Waals surface area contributed by atoms with Gasteiger partial charge in [-0.1, -0.05) is 30.3 Å². The van der Waals surface area contributed by atoms with Crippen molar-refractivity contribution in [2.24, 2.45) is 0 Å². The van der Waals surface area contributed by atoms with Gasteiger partial charge in [0, 0.05) is 12.6 Å². The molecule has 1 aliphatic rings. The van der Waals surface area contributed by atoms with Crippen LogP contribution >= 0.6 is 0 Å². The van der Waals surface area contributed by atoms with E-state index < -0.39 is 17.8 Å². The number of carbonyl (C=O) groups is 3. The Bertz CT molecular complexity index is 870. The van der Waals surface area contributed by atoms with Crippen molar-refractivity contribution >= 4 is 34.7 Å². The van der Waals surface area contributed by atoms with Crippen molar-refractivity contribution in [1.29, 1.82) is 0 Å². The number of barbiturate groups is 1. The van der Waals surface area contributed by atoms with Crippen molar-refractivity contribution in [2.45, 2.75) is 0 Å². The van der Waals surface area contributed by atoms with Gasteiger partial charge in [-0.05, 0) is 22.9 Å². The molecular weight excluding hydrogens is 296 g/mol. The Labute approximate surface area is 132 Å². The minimum absolute atomic E-state index is 0.109. The van der Waals surface area contributed by atoms with Crippen molar-refractivity contribution in [3.8, 4) is 5.75 Å². The van der Waals surface area contributed by atoms with Gasteiger partial charge in [-0.2, -0.15) is 0 Å². The second-order valence-electron chi connectivity index (χ2n) is 5.08. The molecule has 0 aliphatic carbocycles. The standard InChI is InChI=1S/C17H14N2O4/c1-19-16(21)13(15(20)18-17(19)22)9-12-11-6-4-3-5-10(11)7-8-14(12)23-2/h3-9H,1-2H3,(H,18,20,22)/b13-9+. The van der Waals surface area contributed by atoms with E-state index in [4.69, 9.17) is 4.74 Å². The number of benzene rings is 2. The van der Waals surface area contributed by atoms with Gasteiger partial charge in [0.25, 0.3) is 11.8 Å². The lowest BCUT2D eigenvalue weighted by atomic mass is 10.00. The molecule has 1 heterocycles. The van der Waals surface area contributed by atoms with Gasteiger partial charge in [0.15, 0.2) is 0 Å². The normalized spacial score (nSPS) is 16.9. The highest BCUT2D eigenvalue weighted by Gasteiger charge is 2.33. The van der Waals surface area contributed by atoms with Gasteiger partial charge in [0.2, 0.25) is 0 Å². The summed E-state index contributed by atoms with van der Waals surface area (Å²) in [5.41, 5.74) is 0.508. The van der Waals surface area contributed by atoms with E-state index in [1.54, 1.807) is 6.07 Å². The van der Waals surface area contributed by atoms with Crippen LogP contribution in [0.25, 0.3) is 16.8 Å². The molecule has 1 N–H and O–H groups in total. The van der Waals surface area contributed by atoms with Gasteiger partial charge in [-0.3, -0.25) is 19.8 Å². The van der Waals surface area contributed by atoms with E-state index in [0.29, 0.717) is 11.3 Å². The van der Waals surface area contributed by atoms with Crippen LogP contribution in [0.15, 0.2) is 42.0 Å². The van der Waals surface area contributed by atoms with E-state index in [9.17, 15) is 14.4 Å². The number of nitrogens with one attached hydrogen (secondary N) is 1. The number of amides is 4. The van der Waals surface area contributed by atoms with E-state index in [-0.39, 0.29) is 5.57 Å². The first kappa shape index (κ1) is 14.8. The molecule has 1 aliphatic heterocycles. The summed E-state index contributed by atoms with van der Waals surface area (Å²) >= 11 is 0. The van der Waals surface area contributed by atoms with Crippen molar-refractivity contribution in [3.63, 3.8) is 0 Å². The van der Waals surface area contributed by atoms with Crippen LogP contribution in [0.5, 0.6) is 5.75 Å². The average molecular weight is 310 g/mol. The number of hydrogen-bond acceptors (Lipinski definition) is 4. The maximum Gasteiger partial charge on any atom is 0.331 e. The molecule has 6 nitrogen and oxygen atoms in total. The van der Waals surface area contributed by atoms with Crippen LogP contribution in [-0.2, 0) is 9.59 Å². The average Bonchev–Trinajstić information content (AvgIpc) is 2.56. The Balaban J connectivity index is 2.22. The van der Waals surface area contributed by atoms with Gasteiger partial charge in [-0.15, -0.1) is 0 Å². The third-order valence-electron chi connectivity index (χ3n) is 3.74. The summed E-state index contributed by atoms with van der Waals surface area (Å²) in [6.07, 6.45) is 1.46. The van der Waals surface area contributed by atoms with Crippen LogP contribution < -0.4 is 10.1 Å². The van der Waals surface area contributed by atoms with Gasteiger partial charge in [-0.25, -0.2) is 4.79 Å². The largest absolute Gasteiger partial charge is 0.496 e. The summed E-state index contributed by atoms with van der Waals surface area (Å²) in [5.74, 6) is -0.821. The quantitative estimate of drug-likeness (QED) is 0.679. The van der Waals surface area contributed by atoms with Gasteiger partial charge in [0.1, 0.15) is 11.3 Å². The molecule has 3 rings (SSSR count). The molecule has 0 bridgehead atoms. The first-order chi connectivity index (χ1) is 11.0.